The van der Waals surface area contributed by atoms with Gasteiger partial charge < -0.3 is 10.6 Å². The number of nitrogens with one attached hydrogen (secondary N) is 2. The monoisotopic (exact) mass is 525 g/mol. The van der Waals surface area contributed by atoms with E-state index in [1.807, 2.05) is 0 Å². The van der Waals surface area contributed by atoms with Gasteiger partial charge in [0.1, 0.15) is 5.82 Å². The molecule has 0 saturated carbocycles. The van der Waals surface area contributed by atoms with E-state index >= 15 is 0 Å². The molecule has 10 heteroatoms. The second kappa shape index (κ2) is 9.96. The fourth-order valence-corrected chi connectivity index (χ4v) is 4.79. The predicted octanol–water partition coefficient (Wildman–Crippen LogP) is 7.35. The zero-order chi connectivity index (χ0) is 26.2. The van der Waals surface area contributed by atoms with Crippen LogP contribution in [-0.4, -0.2) is 29.6 Å². The first-order chi connectivity index (χ1) is 17.7. The molecule has 0 spiro atoms. The molecule has 5 rings (SSSR count). The van der Waals surface area contributed by atoms with E-state index in [0.29, 0.717) is 40.6 Å². The largest absolute Gasteiger partial charge is 0.417 e. The number of hydrogen-bond donors (Lipinski definition) is 2. The fourth-order valence-electron chi connectivity index (χ4n) is 4.51. The van der Waals surface area contributed by atoms with E-state index in [9.17, 15) is 17.6 Å². The average Bonchev–Trinajstić information content (AvgIpc) is 3.40. The summed E-state index contributed by atoms with van der Waals surface area (Å²) in [5, 5.41) is 6.91. The second-order valence-corrected chi connectivity index (χ2v) is 9.21. The average molecular weight is 526 g/mol. The van der Waals surface area contributed by atoms with E-state index < -0.39 is 17.6 Å². The Morgan fingerprint density at radius 1 is 1.08 bits per heavy atom. The van der Waals surface area contributed by atoms with Gasteiger partial charge in [-0.15, -0.1) is 0 Å². The third-order valence-corrected chi connectivity index (χ3v) is 6.67. The van der Waals surface area contributed by atoms with E-state index in [2.05, 4.69) is 25.4 Å². The maximum absolute atomic E-state index is 14.5. The van der Waals surface area contributed by atoms with Crippen LogP contribution in [0.25, 0.3) is 38.1 Å². The molecule has 4 aromatic rings. The van der Waals surface area contributed by atoms with Crippen LogP contribution in [-0.2, 0) is 6.18 Å². The Labute approximate surface area is 215 Å². The van der Waals surface area contributed by atoms with Gasteiger partial charge in [-0.1, -0.05) is 35.9 Å². The third-order valence-electron chi connectivity index (χ3n) is 6.36. The van der Waals surface area contributed by atoms with Crippen molar-refractivity contribution in [1.29, 1.82) is 0 Å². The van der Waals surface area contributed by atoms with Crippen LogP contribution >= 0.6 is 11.6 Å². The first-order valence-corrected chi connectivity index (χ1v) is 11.9. The van der Waals surface area contributed by atoms with Gasteiger partial charge in [-0.05, 0) is 61.3 Å². The Morgan fingerprint density at radius 2 is 1.89 bits per heavy atom. The minimum atomic E-state index is -4.61. The molecule has 0 amide bonds. The highest BCUT2D eigenvalue weighted by Gasteiger charge is 2.34. The number of halogens is 5. The molecule has 5 nitrogen and oxygen atoms in total. The smallest absolute Gasteiger partial charge is 0.354 e. The van der Waals surface area contributed by atoms with Crippen LogP contribution in [0.2, 0.25) is 5.02 Å². The van der Waals surface area contributed by atoms with Crippen molar-refractivity contribution in [2.45, 2.75) is 12.6 Å². The minimum Gasteiger partial charge on any atom is -0.354 e. The number of rotatable bonds is 5. The van der Waals surface area contributed by atoms with E-state index in [1.165, 1.54) is 36.4 Å². The molecular weight excluding hydrogens is 506 g/mol. The topological polar surface area (TPSA) is 54.2 Å². The van der Waals surface area contributed by atoms with Crippen LogP contribution < -0.4 is 10.6 Å². The molecule has 37 heavy (non-hydrogen) atoms. The lowest BCUT2D eigenvalue weighted by Crippen LogP contribution is -2.18. The van der Waals surface area contributed by atoms with Crippen molar-refractivity contribution < 1.29 is 17.6 Å². The van der Waals surface area contributed by atoms with Gasteiger partial charge in [0.25, 0.3) is 0 Å². The molecule has 2 N–H and O–H groups in total. The molecule has 188 valence electrons. The number of hydrogen-bond acceptors (Lipinski definition) is 4. The summed E-state index contributed by atoms with van der Waals surface area (Å²) in [5.41, 5.74) is 0.237. The first-order valence-electron chi connectivity index (χ1n) is 11.5. The summed E-state index contributed by atoms with van der Waals surface area (Å²) in [5.74, 6) is 0.0134. The van der Waals surface area contributed by atoms with Crippen molar-refractivity contribution >= 4 is 34.1 Å². The molecule has 3 aromatic carbocycles. The van der Waals surface area contributed by atoms with E-state index in [-0.39, 0.29) is 21.8 Å². The molecule has 1 aromatic heterocycles. The van der Waals surface area contributed by atoms with Gasteiger partial charge in [0.2, 0.25) is 11.6 Å². The van der Waals surface area contributed by atoms with Crippen molar-refractivity contribution in [2.24, 2.45) is 5.92 Å². The van der Waals surface area contributed by atoms with Gasteiger partial charge in [-0.2, -0.15) is 13.2 Å². The van der Waals surface area contributed by atoms with Crippen LogP contribution in [0.1, 0.15) is 12.0 Å². The lowest BCUT2D eigenvalue weighted by molar-refractivity contribution is -0.137. The second-order valence-electron chi connectivity index (χ2n) is 8.81. The van der Waals surface area contributed by atoms with Gasteiger partial charge in [-0.3, -0.25) is 0 Å². The summed E-state index contributed by atoms with van der Waals surface area (Å²) < 4.78 is 55.9. The molecular formula is C27H20ClF4N5. The molecule has 1 atom stereocenters. The lowest BCUT2D eigenvalue weighted by Gasteiger charge is -2.16. The van der Waals surface area contributed by atoms with Crippen molar-refractivity contribution in [1.82, 2.24) is 15.3 Å². The summed E-state index contributed by atoms with van der Waals surface area (Å²) in [4.78, 5) is 12.3. The van der Waals surface area contributed by atoms with E-state index in [4.69, 9.17) is 18.2 Å². The van der Waals surface area contributed by atoms with Crippen LogP contribution in [0.15, 0.2) is 54.6 Å². The molecule has 0 unspecified atom stereocenters. The molecule has 0 aliphatic carbocycles. The Morgan fingerprint density at radius 3 is 2.59 bits per heavy atom. The van der Waals surface area contributed by atoms with Crippen molar-refractivity contribution in [3.63, 3.8) is 0 Å². The van der Waals surface area contributed by atoms with Gasteiger partial charge in [-0.25, -0.2) is 19.2 Å². The molecule has 1 aliphatic heterocycles. The standard InChI is InChI=1S/C27H20ClF4N5/c1-33-23-8-6-17(12-21(23)29)25-18-11-16(24-19(27(30,31)32)3-2-4-20(24)28)5-7-22(18)36-26(37-25)35-14-15-9-10-34-13-15/h2-8,11-12,15,34H,9-10,13-14H2,(H,35,36,37)/t15-/m0/s1. The van der Waals surface area contributed by atoms with Crippen LogP contribution in [0, 0.1) is 18.3 Å². The quantitative estimate of drug-likeness (QED) is 0.211. The molecule has 0 radical (unpaired) electrons. The van der Waals surface area contributed by atoms with Crippen molar-refractivity contribution in [3.05, 3.63) is 82.4 Å². The Balaban J connectivity index is 1.68. The fraction of sp³-hybridized carbons (Fsp3) is 0.222. The first kappa shape index (κ1) is 24.9. The van der Waals surface area contributed by atoms with Crippen LogP contribution in [0.3, 0.4) is 0 Å². The molecule has 1 fully saturated rings. The molecule has 1 aliphatic rings. The van der Waals surface area contributed by atoms with Gasteiger partial charge in [0.15, 0.2) is 0 Å². The summed E-state index contributed by atoms with van der Waals surface area (Å²) in [6, 6.07) is 12.4. The van der Waals surface area contributed by atoms with Crippen LogP contribution in [0.5, 0.6) is 0 Å². The number of anilines is 1. The van der Waals surface area contributed by atoms with Gasteiger partial charge in [0.05, 0.1) is 23.3 Å². The Kier molecular flexibility index (Phi) is 6.71. The SMILES string of the molecule is [C-]#[N+]c1ccc(-c2nc(NC[C@H]3CCNC3)nc3ccc(-c4c(Cl)cccc4C(F)(F)F)cc23)cc1F. The van der Waals surface area contributed by atoms with Crippen LogP contribution in [0.4, 0.5) is 29.2 Å². The maximum Gasteiger partial charge on any atom is 0.417 e. The Hall–Kier alpha value is -3.74. The predicted molar refractivity (Wildman–Crippen MR) is 136 cm³/mol. The molecule has 0 bridgehead atoms. The van der Waals surface area contributed by atoms with Gasteiger partial charge >= 0.3 is 6.18 Å². The maximum atomic E-state index is 14.5. The third kappa shape index (κ3) is 5.08. The van der Waals surface area contributed by atoms with Gasteiger partial charge in [0, 0.05) is 28.1 Å². The highest BCUT2D eigenvalue weighted by molar-refractivity contribution is 6.33. The summed E-state index contributed by atoms with van der Waals surface area (Å²) in [6.45, 7) is 9.56. The lowest BCUT2D eigenvalue weighted by atomic mass is 9.96. The normalized spacial score (nSPS) is 15.6. The highest BCUT2D eigenvalue weighted by atomic mass is 35.5. The summed E-state index contributed by atoms with van der Waals surface area (Å²) >= 11 is 6.24. The van der Waals surface area contributed by atoms with E-state index in [1.54, 1.807) is 12.1 Å². The zero-order valence-electron chi connectivity index (χ0n) is 19.3. The summed E-state index contributed by atoms with van der Waals surface area (Å²) in [6.07, 6.45) is -3.60. The Bertz CT molecular complexity index is 1520. The number of alkyl halides is 3. The molecule has 1 saturated heterocycles. The number of fused-ring (bicyclic) bond motifs is 1. The molecule has 2 heterocycles. The number of aromatic nitrogens is 2. The highest BCUT2D eigenvalue weighted by Crippen LogP contribution is 2.42. The minimum absolute atomic E-state index is 0.0486. The summed E-state index contributed by atoms with van der Waals surface area (Å²) in [7, 11) is 0. The number of benzene rings is 3. The number of nitrogens with zero attached hydrogens (tertiary/aromatic N) is 3. The zero-order valence-corrected chi connectivity index (χ0v) is 20.1. The van der Waals surface area contributed by atoms with Crippen molar-refractivity contribution in [3.8, 4) is 22.4 Å². The van der Waals surface area contributed by atoms with Crippen molar-refractivity contribution in [2.75, 3.05) is 25.0 Å². The van der Waals surface area contributed by atoms with E-state index in [0.717, 1.165) is 25.6 Å².